The highest BCUT2D eigenvalue weighted by molar-refractivity contribution is 8.13. The lowest BCUT2D eigenvalue weighted by Crippen LogP contribution is -2.27. The molecule has 1 aliphatic rings. The van der Waals surface area contributed by atoms with E-state index in [-0.39, 0.29) is 6.67 Å². The summed E-state index contributed by atoms with van der Waals surface area (Å²) in [5.41, 5.74) is 0. The zero-order valence-corrected chi connectivity index (χ0v) is 7.29. The topological polar surface area (TPSA) is 24.4 Å². The van der Waals surface area contributed by atoms with Gasteiger partial charge in [-0.05, 0) is 12.8 Å². The first kappa shape index (κ1) is 8.84. The number of aliphatic imine (C=N–C) groups is 1. The molecule has 0 aliphatic carbocycles. The Morgan fingerprint density at radius 1 is 1.64 bits per heavy atom. The van der Waals surface area contributed by atoms with E-state index in [0.717, 1.165) is 30.4 Å². The predicted molar refractivity (Wildman–Crippen MR) is 48.0 cm³/mol. The van der Waals surface area contributed by atoms with Gasteiger partial charge in [-0.15, -0.1) is 0 Å². The normalized spacial score (nSPS) is 17.4. The highest BCUT2D eigenvalue weighted by Crippen LogP contribution is 2.06. The Morgan fingerprint density at radius 2 is 2.55 bits per heavy atom. The first-order chi connectivity index (χ1) is 5.43. The highest BCUT2D eigenvalue weighted by Gasteiger charge is 2.02. The molecule has 1 aliphatic heterocycles. The summed E-state index contributed by atoms with van der Waals surface area (Å²) in [6.45, 7) is 1.71. The average Bonchev–Trinajstić information content (AvgIpc) is 2.07. The molecule has 11 heavy (non-hydrogen) atoms. The summed E-state index contributed by atoms with van der Waals surface area (Å²) in [5.74, 6) is 0.836. The molecule has 2 nitrogen and oxygen atoms in total. The molecule has 0 saturated heterocycles. The summed E-state index contributed by atoms with van der Waals surface area (Å²) < 4.78 is 11.7. The number of rotatable bonds is 3. The van der Waals surface area contributed by atoms with Crippen molar-refractivity contribution in [2.45, 2.75) is 12.8 Å². The fourth-order valence-electron chi connectivity index (χ4n) is 0.831. The summed E-state index contributed by atoms with van der Waals surface area (Å²) >= 11 is 1.62. The van der Waals surface area contributed by atoms with Crippen molar-refractivity contribution in [3.05, 3.63) is 0 Å². The summed E-state index contributed by atoms with van der Waals surface area (Å²) in [6, 6.07) is 0. The van der Waals surface area contributed by atoms with Crippen LogP contribution >= 0.6 is 11.8 Å². The molecule has 0 fully saturated rings. The van der Waals surface area contributed by atoms with Crippen molar-refractivity contribution in [1.29, 1.82) is 0 Å². The number of hydrogen-bond acceptors (Lipinski definition) is 3. The molecule has 0 spiro atoms. The third kappa shape index (κ3) is 3.60. The Balaban J connectivity index is 2.09. The van der Waals surface area contributed by atoms with Crippen LogP contribution in [-0.4, -0.2) is 30.7 Å². The number of nitrogens with zero attached hydrogens (tertiary/aromatic N) is 1. The minimum absolute atomic E-state index is 0.222. The summed E-state index contributed by atoms with van der Waals surface area (Å²) in [5, 5.41) is 4.16. The lowest BCUT2D eigenvalue weighted by molar-refractivity contribution is 0.489. The number of halogens is 1. The third-order valence-electron chi connectivity index (χ3n) is 1.38. The molecule has 0 amide bonds. The van der Waals surface area contributed by atoms with Gasteiger partial charge in [0.2, 0.25) is 0 Å². The summed E-state index contributed by atoms with van der Waals surface area (Å²) in [6.07, 6.45) is 1.75. The van der Waals surface area contributed by atoms with Crippen molar-refractivity contribution >= 4 is 16.9 Å². The van der Waals surface area contributed by atoms with Gasteiger partial charge in [-0.3, -0.25) is 9.38 Å². The van der Waals surface area contributed by atoms with Crippen LogP contribution in [-0.2, 0) is 0 Å². The minimum Gasteiger partial charge on any atom is -0.365 e. The maximum absolute atomic E-state index is 11.7. The van der Waals surface area contributed by atoms with Crippen LogP contribution in [0.2, 0.25) is 0 Å². The van der Waals surface area contributed by atoms with E-state index < -0.39 is 0 Å². The van der Waals surface area contributed by atoms with Crippen LogP contribution in [0.5, 0.6) is 0 Å². The van der Waals surface area contributed by atoms with Gasteiger partial charge >= 0.3 is 0 Å². The lowest BCUT2D eigenvalue weighted by Gasteiger charge is -2.12. The van der Waals surface area contributed by atoms with Gasteiger partial charge in [0.1, 0.15) is 0 Å². The molecule has 0 radical (unpaired) electrons. The Morgan fingerprint density at radius 3 is 3.18 bits per heavy atom. The molecule has 1 rings (SSSR count). The number of nitrogens with one attached hydrogen (secondary N) is 1. The first-order valence-corrected chi connectivity index (χ1v) is 4.89. The van der Waals surface area contributed by atoms with Crippen LogP contribution in [0, 0.1) is 0 Å². The number of amidine groups is 1. The van der Waals surface area contributed by atoms with Crippen LogP contribution in [0.15, 0.2) is 4.99 Å². The largest absolute Gasteiger partial charge is 0.365 e. The molecule has 1 N–H and O–H groups in total. The maximum Gasteiger partial charge on any atom is 0.156 e. The molecule has 64 valence electrons. The number of thioether (sulfide) groups is 1. The second-order valence-electron chi connectivity index (χ2n) is 2.36. The van der Waals surface area contributed by atoms with Crippen molar-refractivity contribution in [2.24, 2.45) is 4.99 Å². The smallest absolute Gasteiger partial charge is 0.156 e. The third-order valence-corrected chi connectivity index (χ3v) is 2.42. The monoisotopic (exact) mass is 176 g/mol. The van der Waals surface area contributed by atoms with E-state index in [9.17, 15) is 4.39 Å². The maximum atomic E-state index is 11.7. The van der Waals surface area contributed by atoms with Crippen molar-refractivity contribution in [2.75, 3.05) is 25.5 Å². The molecular weight excluding hydrogens is 163 g/mol. The van der Waals surface area contributed by atoms with E-state index >= 15 is 0 Å². The van der Waals surface area contributed by atoms with Crippen molar-refractivity contribution in [1.82, 2.24) is 5.32 Å². The molecule has 0 aromatic carbocycles. The second kappa shape index (κ2) is 5.41. The van der Waals surface area contributed by atoms with E-state index in [1.54, 1.807) is 11.8 Å². The van der Waals surface area contributed by atoms with Gasteiger partial charge in [-0.25, -0.2) is 0 Å². The molecular formula is C7H13FN2S. The summed E-state index contributed by atoms with van der Waals surface area (Å²) in [7, 11) is 0. The van der Waals surface area contributed by atoms with Crippen LogP contribution in [0.4, 0.5) is 4.39 Å². The molecule has 0 unspecified atom stereocenters. The quantitative estimate of drug-likeness (QED) is 0.658. The van der Waals surface area contributed by atoms with Crippen LogP contribution in [0.3, 0.4) is 0 Å². The van der Waals surface area contributed by atoms with E-state index in [1.165, 1.54) is 0 Å². The van der Waals surface area contributed by atoms with Crippen molar-refractivity contribution in [3.63, 3.8) is 0 Å². The van der Waals surface area contributed by atoms with Gasteiger partial charge in [-0.1, -0.05) is 11.8 Å². The van der Waals surface area contributed by atoms with Gasteiger partial charge in [-0.2, -0.15) is 0 Å². The predicted octanol–water partition coefficient (Wildman–Crippen LogP) is 1.43. The first-order valence-electron chi connectivity index (χ1n) is 3.90. The highest BCUT2D eigenvalue weighted by atomic mass is 32.2. The van der Waals surface area contributed by atoms with Gasteiger partial charge in [0, 0.05) is 18.8 Å². The van der Waals surface area contributed by atoms with Gasteiger partial charge in [0.05, 0.1) is 6.67 Å². The zero-order valence-electron chi connectivity index (χ0n) is 6.48. The van der Waals surface area contributed by atoms with Crippen molar-refractivity contribution in [3.8, 4) is 0 Å². The average molecular weight is 176 g/mol. The van der Waals surface area contributed by atoms with Crippen molar-refractivity contribution < 1.29 is 4.39 Å². The van der Waals surface area contributed by atoms with E-state index in [1.807, 2.05) is 0 Å². The Hall–Kier alpha value is -0.250. The Labute approximate surface area is 70.7 Å². The Kier molecular flexibility index (Phi) is 4.35. The van der Waals surface area contributed by atoms with Gasteiger partial charge in [0.15, 0.2) is 5.17 Å². The van der Waals surface area contributed by atoms with E-state index in [2.05, 4.69) is 10.3 Å². The molecule has 4 heteroatoms. The van der Waals surface area contributed by atoms with Gasteiger partial charge in [0.25, 0.3) is 0 Å². The second-order valence-corrected chi connectivity index (χ2v) is 3.44. The fraction of sp³-hybridized carbons (Fsp3) is 0.857. The van der Waals surface area contributed by atoms with Crippen LogP contribution in [0.25, 0.3) is 0 Å². The molecule has 0 saturated carbocycles. The molecule has 0 atom stereocenters. The van der Waals surface area contributed by atoms with Gasteiger partial charge < -0.3 is 5.32 Å². The number of hydrogen-bond donors (Lipinski definition) is 1. The van der Waals surface area contributed by atoms with Crippen LogP contribution in [0.1, 0.15) is 12.8 Å². The zero-order chi connectivity index (χ0) is 7.94. The molecule has 0 bridgehead atoms. The standard InChI is InChI=1S/C7H13FN2S/c8-3-1-6-11-7-9-4-2-5-10-7/h1-6H2,(H,9,10). The minimum atomic E-state index is -0.222. The van der Waals surface area contributed by atoms with E-state index in [4.69, 9.17) is 0 Å². The molecule has 0 aromatic heterocycles. The summed E-state index contributed by atoms with van der Waals surface area (Å²) in [4.78, 5) is 4.25. The fourth-order valence-corrected chi connectivity index (χ4v) is 1.66. The number of alkyl halides is 1. The SMILES string of the molecule is FCCCSC1=NCCCN1. The van der Waals surface area contributed by atoms with Crippen LogP contribution < -0.4 is 5.32 Å². The molecule has 0 aromatic rings. The molecule has 1 heterocycles. The lowest BCUT2D eigenvalue weighted by atomic mass is 10.4. The Bertz CT molecular complexity index is 138. The van der Waals surface area contributed by atoms with E-state index in [0.29, 0.717) is 6.42 Å².